The molecule has 0 saturated heterocycles. The van der Waals surface area contributed by atoms with E-state index in [1.165, 1.54) is 19.3 Å². The standard InChI is InChI=1S/C93H146O17P2/c1-5-9-13-17-21-25-29-33-37-40-43-46-50-53-57-61-65-69-73-77-90(95)103-83-88(109-92(97)79-75-71-67-63-59-55-49-36-32-28-24-20-16-12-8-4)85-107-111(99,100)105-81-87(94)82-106-112(101,102)108-86-89(110-93(98)80-76-72-68-64-60-56-52-48-45-42-39-35-31-27-23-19-15-11-7-3)84-104-91(96)78-74-70-66-62-58-54-51-47-44-41-38-34-30-26-22-18-14-10-6-2/h9-10,12-14,16,21-28,33-39,43-49,53-54,57-58,65-66,69-70,87-89,94H,5-8,11,15,17-20,29-32,40-42,50-52,55-56,59-64,67-68,71-86H2,1-4H3,(H,99,100)(H,101,102)/b13-9-,14-10-,16-12-,25-21-,26-22-,27-23-,28-24-,37-33-,38-34-,39-35-,46-43-,47-44-,48-45-,49-36-,57-53-,58-54-,69-65-,70-66-. The number of carbonyl (C=O) groups is 4. The van der Waals surface area contributed by atoms with E-state index in [1.807, 2.05) is 36.5 Å². The number of esters is 4. The molecule has 17 nitrogen and oxygen atoms in total. The van der Waals surface area contributed by atoms with E-state index in [9.17, 15) is 43.2 Å². The molecule has 19 heteroatoms. The van der Waals surface area contributed by atoms with E-state index in [4.69, 9.17) is 37.0 Å². The summed E-state index contributed by atoms with van der Waals surface area (Å²) < 4.78 is 68.6. The highest BCUT2D eigenvalue weighted by Crippen LogP contribution is 2.45. The number of aliphatic hydroxyl groups is 1. The highest BCUT2D eigenvalue weighted by Gasteiger charge is 2.30. The number of carbonyl (C=O) groups excluding carboxylic acids is 4. The zero-order valence-electron chi connectivity index (χ0n) is 69.0. The topological polar surface area (TPSA) is 237 Å². The fourth-order valence-corrected chi connectivity index (χ4v) is 11.8. The predicted molar refractivity (Wildman–Crippen MR) is 463 cm³/mol. The van der Waals surface area contributed by atoms with Crippen molar-refractivity contribution in [2.24, 2.45) is 0 Å². The molecule has 0 aromatic heterocycles. The van der Waals surface area contributed by atoms with Gasteiger partial charge in [-0.05, 0) is 173 Å². The molecule has 630 valence electrons. The van der Waals surface area contributed by atoms with Gasteiger partial charge in [0.25, 0.3) is 0 Å². The second-order valence-electron chi connectivity index (χ2n) is 26.9. The summed E-state index contributed by atoms with van der Waals surface area (Å²) in [6.07, 6.45) is 105. The van der Waals surface area contributed by atoms with Gasteiger partial charge < -0.3 is 33.8 Å². The van der Waals surface area contributed by atoms with Gasteiger partial charge in [0, 0.05) is 25.7 Å². The quantitative estimate of drug-likeness (QED) is 0.0169. The van der Waals surface area contributed by atoms with Crippen LogP contribution in [0.2, 0.25) is 0 Å². The summed E-state index contributed by atoms with van der Waals surface area (Å²) in [4.78, 5) is 73.2. The average molecular weight is 1600 g/mol. The number of rotatable bonds is 76. The van der Waals surface area contributed by atoms with Crippen LogP contribution in [-0.4, -0.2) is 96.7 Å². The molecule has 0 spiro atoms. The van der Waals surface area contributed by atoms with Crippen molar-refractivity contribution in [3.8, 4) is 0 Å². The molecule has 0 aromatic rings. The SMILES string of the molecule is CC/C=C\C/C=C\C/C=C\C/C=C\C/C=C\C/C=C\CCC(=O)OCC(COP(=O)(O)OCC(O)COP(=O)(O)OCC(COC(=O)CC/C=C\C/C=C\C/C=C\C/C=C\C/C=C\C/C=C\CC)OC(=O)CCCCCCCC/C=C\C/C=C\C/C=C\CCCCC)OC(=O)CCCCCCC/C=C\C/C=C\C/C=C\CC. The molecule has 0 radical (unpaired) electrons. The fourth-order valence-electron chi connectivity index (χ4n) is 10.2. The third-order valence-electron chi connectivity index (χ3n) is 16.4. The molecular formula is C93H146O17P2. The molecule has 0 amide bonds. The Balaban J connectivity index is 5.56. The molecule has 0 aliphatic carbocycles. The summed E-state index contributed by atoms with van der Waals surface area (Å²) in [7, 11) is -10.0. The highest BCUT2D eigenvalue weighted by molar-refractivity contribution is 7.47. The Labute approximate surface area is 677 Å². The number of ether oxygens (including phenoxy) is 4. The number of hydrogen-bond acceptors (Lipinski definition) is 15. The van der Waals surface area contributed by atoms with E-state index in [0.29, 0.717) is 38.5 Å². The summed E-state index contributed by atoms with van der Waals surface area (Å²) >= 11 is 0. The minimum Gasteiger partial charge on any atom is -0.462 e. The summed E-state index contributed by atoms with van der Waals surface area (Å²) in [5.41, 5.74) is 0. The molecule has 0 aromatic carbocycles. The van der Waals surface area contributed by atoms with E-state index < -0.39 is 97.5 Å². The van der Waals surface area contributed by atoms with Gasteiger partial charge in [-0.2, -0.15) is 0 Å². The molecule has 0 saturated carbocycles. The van der Waals surface area contributed by atoms with Gasteiger partial charge >= 0.3 is 39.5 Å². The van der Waals surface area contributed by atoms with Crippen LogP contribution >= 0.6 is 15.6 Å². The third-order valence-corrected chi connectivity index (χ3v) is 18.3. The Morgan fingerprint density at radius 1 is 0.259 bits per heavy atom. The molecule has 5 unspecified atom stereocenters. The highest BCUT2D eigenvalue weighted by atomic mass is 31.2. The smallest absolute Gasteiger partial charge is 0.462 e. The summed E-state index contributed by atoms with van der Waals surface area (Å²) in [6.45, 7) is 4.28. The number of phosphoric ester groups is 2. The lowest BCUT2D eigenvalue weighted by molar-refractivity contribution is -0.161. The molecule has 0 heterocycles. The number of phosphoric acid groups is 2. The summed E-state index contributed by atoms with van der Waals surface area (Å²) in [5, 5.41) is 10.7. The van der Waals surface area contributed by atoms with Crippen LogP contribution in [0, 0.1) is 0 Å². The molecule has 0 bridgehead atoms. The Kier molecular flexibility index (Phi) is 77.5. The van der Waals surface area contributed by atoms with Gasteiger partial charge in [0.15, 0.2) is 12.2 Å². The molecule has 0 aliphatic rings. The number of hydrogen-bond donors (Lipinski definition) is 3. The molecule has 0 rings (SSSR count). The fraction of sp³-hybridized carbons (Fsp3) is 0.570. The van der Waals surface area contributed by atoms with E-state index >= 15 is 0 Å². The van der Waals surface area contributed by atoms with Crippen molar-refractivity contribution in [3.63, 3.8) is 0 Å². The molecule has 5 atom stereocenters. The maximum atomic E-state index is 13.1. The second-order valence-corrected chi connectivity index (χ2v) is 29.8. The molecule has 0 fully saturated rings. The normalized spacial score (nSPS) is 14.9. The van der Waals surface area contributed by atoms with Gasteiger partial charge in [-0.15, -0.1) is 0 Å². The predicted octanol–water partition coefficient (Wildman–Crippen LogP) is 25.2. The third kappa shape index (κ3) is 81.4. The first-order valence-electron chi connectivity index (χ1n) is 42.0. The zero-order valence-corrected chi connectivity index (χ0v) is 70.8. The average Bonchev–Trinajstić information content (AvgIpc) is 0.898. The van der Waals surface area contributed by atoms with Crippen LogP contribution in [0.1, 0.15) is 285 Å². The number of aliphatic hydroxyl groups excluding tert-OH is 1. The van der Waals surface area contributed by atoms with Crippen LogP contribution < -0.4 is 0 Å². The maximum absolute atomic E-state index is 13.1. The molecule has 112 heavy (non-hydrogen) atoms. The largest absolute Gasteiger partial charge is 0.472 e. The Bertz CT molecular complexity index is 2990. The van der Waals surface area contributed by atoms with Crippen molar-refractivity contribution >= 4 is 39.5 Å². The Hall–Kier alpha value is -6.62. The monoisotopic (exact) mass is 1600 g/mol. The maximum Gasteiger partial charge on any atom is 0.472 e. The van der Waals surface area contributed by atoms with Crippen LogP contribution in [0.25, 0.3) is 0 Å². The van der Waals surface area contributed by atoms with Crippen molar-refractivity contribution in [1.29, 1.82) is 0 Å². The molecule has 0 aliphatic heterocycles. The second kappa shape index (κ2) is 82.4. The van der Waals surface area contributed by atoms with E-state index in [1.54, 1.807) is 0 Å². The minimum atomic E-state index is -5.02. The van der Waals surface area contributed by atoms with Crippen molar-refractivity contribution in [1.82, 2.24) is 0 Å². The first-order valence-corrected chi connectivity index (χ1v) is 45.0. The van der Waals surface area contributed by atoms with Gasteiger partial charge in [0.1, 0.15) is 19.3 Å². The van der Waals surface area contributed by atoms with Crippen molar-refractivity contribution in [3.05, 3.63) is 219 Å². The van der Waals surface area contributed by atoms with Gasteiger partial charge in [-0.1, -0.05) is 304 Å². The van der Waals surface area contributed by atoms with Crippen LogP contribution in [0.5, 0.6) is 0 Å². The van der Waals surface area contributed by atoms with Crippen LogP contribution in [0.15, 0.2) is 219 Å². The van der Waals surface area contributed by atoms with Crippen molar-refractivity contribution in [2.75, 3.05) is 39.6 Å². The minimum absolute atomic E-state index is 0.0216. The van der Waals surface area contributed by atoms with E-state index in [-0.39, 0.29) is 25.7 Å². The van der Waals surface area contributed by atoms with Crippen LogP contribution in [0.3, 0.4) is 0 Å². The Morgan fingerprint density at radius 2 is 0.482 bits per heavy atom. The first kappa shape index (κ1) is 105. The Morgan fingerprint density at radius 3 is 0.750 bits per heavy atom. The van der Waals surface area contributed by atoms with E-state index in [2.05, 4.69) is 210 Å². The van der Waals surface area contributed by atoms with Crippen LogP contribution in [0.4, 0.5) is 0 Å². The number of unbranched alkanes of at least 4 members (excludes halogenated alkanes) is 14. The van der Waals surface area contributed by atoms with Gasteiger partial charge in [0.2, 0.25) is 0 Å². The zero-order chi connectivity index (χ0) is 81.7. The molecule has 3 N–H and O–H groups in total. The lowest BCUT2D eigenvalue weighted by atomic mass is 10.1. The number of allylic oxidation sites excluding steroid dienone is 36. The van der Waals surface area contributed by atoms with Crippen molar-refractivity contribution < 1.29 is 80.2 Å². The lowest BCUT2D eigenvalue weighted by Crippen LogP contribution is -2.30. The summed E-state index contributed by atoms with van der Waals surface area (Å²) in [5.74, 6) is -2.43. The van der Waals surface area contributed by atoms with Crippen LogP contribution in [-0.2, 0) is 65.4 Å². The van der Waals surface area contributed by atoms with Gasteiger partial charge in [-0.3, -0.25) is 37.3 Å². The molecular weight excluding hydrogens is 1450 g/mol. The lowest BCUT2D eigenvalue weighted by Gasteiger charge is -2.21. The van der Waals surface area contributed by atoms with E-state index in [0.717, 1.165) is 173 Å². The van der Waals surface area contributed by atoms with Gasteiger partial charge in [0.05, 0.1) is 26.4 Å². The first-order chi connectivity index (χ1) is 54.7. The summed E-state index contributed by atoms with van der Waals surface area (Å²) in [6, 6.07) is 0. The van der Waals surface area contributed by atoms with Crippen molar-refractivity contribution in [2.45, 2.75) is 303 Å². The van der Waals surface area contributed by atoms with Gasteiger partial charge in [-0.25, -0.2) is 9.13 Å².